The lowest BCUT2D eigenvalue weighted by Gasteiger charge is -2.09. The fraction of sp³-hybridized carbons (Fsp3) is 0.125. The molecule has 2 aromatic rings. The molecule has 0 unspecified atom stereocenters. The van der Waals surface area contributed by atoms with Gasteiger partial charge >= 0.3 is 6.03 Å². The van der Waals surface area contributed by atoms with Crippen molar-refractivity contribution in [1.82, 2.24) is 0 Å². The fourth-order valence-electron chi connectivity index (χ4n) is 1.78. The largest absolute Gasteiger partial charge is 0.323 e. The van der Waals surface area contributed by atoms with Crippen molar-refractivity contribution in [3.63, 3.8) is 0 Å². The maximum atomic E-state index is 11.9. The van der Waals surface area contributed by atoms with Gasteiger partial charge in [0.25, 0.3) is 0 Å². The minimum atomic E-state index is -0.355. The Bertz CT molecular complexity index is 698. The van der Waals surface area contributed by atoms with Gasteiger partial charge in [-0.2, -0.15) is 0 Å². The van der Waals surface area contributed by atoms with Gasteiger partial charge < -0.3 is 10.6 Å². The predicted octanol–water partition coefficient (Wildman–Crippen LogP) is 4.60. The van der Waals surface area contributed by atoms with E-state index in [0.29, 0.717) is 16.9 Å². The van der Waals surface area contributed by atoms with Gasteiger partial charge in [-0.15, -0.1) is 0 Å². The molecule has 2 amide bonds. The summed E-state index contributed by atoms with van der Waals surface area (Å²) in [6.45, 7) is 3.46. The Morgan fingerprint density at radius 2 is 1.67 bits per heavy atom. The van der Waals surface area contributed by atoms with Gasteiger partial charge in [0.2, 0.25) is 0 Å². The van der Waals surface area contributed by atoms with Gasteiger partial charge in [0.1, 0.15) is 0 Å². The average Bonchev–Trinajstić information content (AvgIpc) is 2.43. The number of aryl methyl sites for hydroxylation is 1. The Morgan fingerprint density at radius 3 is 2.29 bits per heavy atom. The quantitative estimate of drug-likeness (QED) is 0.797. The zero-order valence-corrected chi connectivity index (χ0v) is 13.3. The summed E-state index contributed by atoms with van der Waals surface area (Å²) < 4.78 is 0.930. The molecule has 0 radical (unpaired) electrons. The van der Waals surface area contributed by atoms with E-state index in [-0.39, 0.29) is 11.8 Å². The maximum Gasteiger partial charge on any atom is 0.323 e. The third-order valence-electron chi connectivity index (χ3n) is 2.96. The number of carbonyl (C=O) groups excluding carboxylic acids is 2. The summed E-state index contributed by atoms with van der Waals surface area (Å²) in [5.74, 6) is -0.0403. The van der Waals surface area contributed by atoms with Crippen LogP contribution in [0.2, 0.25) is 0 Å². The van der Waals surface area contributed by atoms with Crippen LogP contribution >= 0.6 is 15.9 Å². The maximum absolute atomic E-state index is 11.9. The molecule has 0 bridgehead atoms. The molecule has 0 heterocycles. The standard InChI is InChI=1S/C16H15BrN2O2/c1-10-6-7-14(9-15(10)17)19-16(21)18-13-5-3-4-12(8-13)11(2)20/h3-9H,1-2H3,(H2,18,19,21). The van der Waals surface area contributed by atoms with Crippen LogP contribution in [0.1, 0.15) is 22.8 Å². The minimum absolute atomic E-state index is 0.0403. The van der Waals surface area contributed by atoms with Crippen LogP contribution in [-0.4, -0.2) is 11.8 Å². The number of rotatable bonds is 3. The van der Waals surface area contributed by atoms with Crippen molar-refractivity contribution in [2.24, 2.45) is 0 Å². The third kappa shape index (κ3) is 4.16. The van der Waals surface area contributed by atoms with Crippen molar-refractivity contribution in [2.45, 2.75) is 13.8 Å². The van der Waals surface area contributed by atoms with Crippen LogP contribution < -0.4 is 10.6 Å². The molecular weight excluding hydrogens is 332 g/mol. The second kappa shape index (κ2) is 6.54. The van der Waals surface area contributed by atoms with Crippen LogP contribution in [0.4, 0.5) is 16.2 Å². The number of carbonyl (C=O) groups is 2. The zero-order chi connectivity index (χ0) is 15.4. The van der Waals surface area contributed by atoms with Gasteiger partial charge in [-0.25, -0.2) is 4.79 Å². The number of Topliss-reactive ketones (excluding diaryl/α,β-unsaturated/α-hetero) is 1. The van der Waals surface area contributed by atoms with Crippen molar-refractivity contribution < 1.29 is 9.59 Å². The SMILES string of the molecule is CC(=O)c1cccc(NC(=O)Nc2ccc(C)c(Br)c2)c1. The summed E-state index contributed by atoms with van der Waals surface area (Å²) in [6, 6.07) is 12.0. The molecule has 0 atom stereocenters. The highest BCUT2D eigenvalue weighted by atomic mass is 79.9. The van der Waals surface area contributed by atoms with Crippen LogP contribution in [0, 0.1) is 6.92 Å². The smallest absolute Gasteiger partial charge is 0.308 e. The van der Waals surface area contributed by atoms with E-state index in [1.165, 1.54) is 6.92 Å². The van der Waals surface area contributed by atoms with E-state index in [0.717, 1.165) is 10.0 Å². The monoisotopic (exact) mass is 346 g/mol. The van der Waals surface area contributed by atoms with E-state index in [1.807, 2.05) is 25.1 Å². The highest BCUT2D eigenvalue weighted by Crippen LogP contribution is 2.21. The molecule has 0 aliphatic carbocycles. The Hall–Kier alpha value is -2.14. The summed E-state index contributed by atoms with van der Waals surface area (Å²) in [5.41, 5.74) is 2.92. The van der Waals surface area contributed by atoms with Crippen molar-refractivity contribution >= 4 is 39.1 Å². The van der Waals surface area contributed by atoms with E-state index in [9.17, 15) is 9.59 Å². The van der Waals surface area contributed by atoms with E-state index in [2.05, 4.69) is 26.6 Å². The molecule has 2 rings (SSSR count). The summed E-state index contributed by atoms with van der Waals surface area (Å²) in [5, 5.41) is 5.44. The second-order valence-corrected chi connectivity index (χ2v) is 5.53. The van der Waals surface area contributed by atoms with Crippen LogP contribution in [0.3, 0.4) is 0 Å². The van der Waals surface area contributed by atoms with Gasteiger partial charge in [0.05, 0.1) is 0 Å². The molecule has 0 spiro atoms. The highest BCUT2D eigenvalue weighted by Gasteiger charge is 2.06. The molecule has 21 heavy (non-hydrogen) atoms. The molecule has 0 aromatic heterocycles. The lowest BCUT2D eigenvalue weighted by atomic mass is 10.1. The first-order chi connectivity index (χ1) is 9.95. The number of urea groups is 1. The average molecular weight is 347 g/mol. The predicted molar refractivity (Wildman–Crippen MR) is 88.0 cm³/mol. The molecular formula is C16H15BrN2O2. The van der Waals surface area contributed by atoms with Crippen molar-refractivity contribution in [2.75, 3.05) is 10.6 Å². The Balaban J connectivity index is 2.06. The summed E-state index contributed by atoms with van der Waals surface area (Å²) >= 11 is 3.42. The number of ketones is 1. The van der Waals surface area contributed by atoms with Gasteiger partial charge in [-0.3, -0.25) is 4.79 Å². The van der Waals surface area contributed by atoms with Crippen LogP contribution in [-0.2, 0) is 0 Å². The molecule has 0 aliphatic heterocycles. The molecule has 0 fully saturated rings. The van der Waals surface area contributed by atoms with Gasteiger partial charge in [0.15, 0.2) is 5.78 Å². The molecule has 108 valence electrons. The van der Waals surface area contributed by atoms with Gasteiger partial charge in [0, 0.05) is 21.4 Å². The van der Waals surface area contributed by atoms with E-state index < -0.39 is 0 Å². The number of nitrogens with one attached hydrogen (secondary N) is 2. The molecule has 4 nitrogen and oxygen atoms in total. The van der Waals surface area contributed by atoms with Crippen molar-refractivity contribution in [1.29, 1.82) is 0 Å². The Morgan fingerprint density at radius 1 is 1.00 bits per heavy atom. The summed E-state index contributed by atoms with van der Waals surface area (Å²) in [4.78, 5) is 23.2. The number of halogens is 1. The first-order valence-corrected chi connectivity index (χ1v) is 7.20. The lowest BCUT2D eigenvalue weighted by molar-refractivity contribution is 0.101. The number of anilines is 2. The minimum Gasteiger partial charge on any atom is -0.308 e. The number of benzene rings is 2. The normalized spacial score (nSPS) is 10.0. The zero-order valence-electron chi connectivity index (χ0n) is 11.7. The molecule has 2 aromatic carbocycles. The molecule has 0 aliphatic rings. The number of amides is 2. The van der Waals surface area contributed by atoms with E-state index in [4.69, 9.17) is 0 Å². The Kier molecular flexibility index (Phi) is 4.75. The van der Waals surface area contributed by atoms with Gasteiger partial charge in [-0.05, 0) is 43.7 Å². The molecule has 0 saturated carbocycles. The van der Waals surface area contributed by atoms with Crippen molar-refractivity contribution in [3.8, 4) is 0 Å². The van der Waals surface area contributed by atoms with Crippen LogP contribution in [0.25, 0.3) is 0 Å². The van der Waals surface area contributed by atoms with Crippen LogP contribution in [0.5, 0.6) is 0 Å². The summed E-state index contributed by atoms with van der Waals surface area (Å²) in [7, 11) is 0. The first kappa shape index (κ1) is 15.3. The number of hydrogen-bond donors (Lipinski definition) is 2. The van der Waals surface area contributed by atoms with Crippen LogP contribution in [0.15, 0.2) is 46.9 Å². The van der Waals surface area contributed by atoms with E-state index >= 15 is 0 Å². The number of hydrogen-bond acceptors (Lipinski definition) is 2. The molecule has 0 saturated heterocycles. The highest BCUT2D eigenvalue weighted by molar-refractivity contribution is 9.10. The lowest BCUT2D eigenvalue weighted by Crippen LogP contribution is -2.19. The molecule has 2 N–H and O–H groups in total. The first-order valence-electron chi connectivity index (χ1n) is 6.41. The van der Waals surface area contributed by atoms with Crippen molar-refractivity contribution in [3.05, 3.63) is 58.1 Å². The third-order valence-corrected chi connectivity index (χ3v) is 3.81. The second-order valence-electron chi connectivity index (χ2n) is 4.68. The van der Waals surface area contributed by atoms with E-state index in [1.54, 1.807) is 24.3 Å². The fourth-order valence-corrected chi connectivity index (χ4v) is 2.16. The topological polar surface area (TPSA) is 58.2 Å². The summed E-state index contributed by atoms with van der Waals surface area (Å²) in [6.07, 6.45) is 0. The molecule has 5 heteroatoms. The van der Waals surface area contributed by atoms with Gasteiger partial charge in [-0.1, -0.05) is 34.1 Å². The Labute approximate surface area is 131 Å².